The van der Waals surface area contributed by atoms with Crippen molar-refractivity contribution in [3.05, 3.63) is 0 Å². The average molecular weight is 192 g/mol. The third-order valence-corrected chi connectivity index (χ3v) is 2.39. The number of nitrogens with zero attached hydrogens (tertiary/aromatic N) is 1. The first kappa shape index (κ1) is 12.2. The van der Waals surface area contributed by atoms with E-state index in [2.05, 4.69) is 32.6 Å². The molecule has 0 rings (SSSR count). The fourth-order valence-electron chi connectivity index (χ4n) is 1.50. The van der Waals surface area contributed by atoms with Crippen LogP contribution in [0.25, 0.3) is 0 Å². The highest BCUT2D eigenvalue weighted by molar-refractivity contribution is 6.17. The Morgan fingerprint density at radius 2 is 1.50 bits per heavy atom. The van der Waals surface area contributed by atoms with E-state index in [-0.39, 0.29) is 0 Å². The first-order valence-corrected chi connectivity index (χ1v) is 5.44. The summed E-state index contributed by atoms with van der Waals surface area (Å²) < 4.78 is 0. The summed E-state index contributed by atoms with van der Waals surface area (Å²) in [6.07, 6.45) is 2.36. The van der Waals surface area contributed by atoms with Crippen LogP contribution in [0, 0.1) is 0 Å². The van der Waals surface area contributed by atoms with Crippen molar-refractivity contribution in [1.82, 2.24) is 4.90 Å². The summed E-state index contributed by atoms with van der Waals surface area (Å²) in [5.41, 5.74) is 0. The molecule has 0 fully saturated rings. The molecule has 0 saturated heterocycles. The maximum atomic E-state index is 5.63. The normalized spacial score (nSPS) is 12.0. The number of unbranched alkanes of at least 4 members (excludes halogenated alkanes) is 1. The molecule has 0 aliphatic rings. The molecule has 0 bridgehead atoms. The summed E-state index contributed by atoms with van der Waals surface area (Å²) >= 11 is 5.63. The molecule has 0 aromatic rings. The summed E-state index contributed by atoms with van der Waals surface area (Å²) in [6.45, 7) is 10.2. The third-order valence-electron chi connectivity index (χ3n) is 2.13. The molecule has 0 radical (unpaired) electrons. The van der Waals surface area contributed by atoms with Crippen LogP contribution >= 0.6 is 11.6 Å². The predicted molar refractivity (Wildman–Crippen MR) is 56.9 cm³/mol. The first-order chi connectivity index (χ1) is 5.59. The Morgan fingerprint density at radius 3 is 1.83 bits per heavy atom. The Morgan fingerprint density at radius 1 is 1.00 bits per heavy atom. The number of hydrogen-bond donors (Lipinski definition) is 0. The predicted octanol–water partition coefficient (Wildman–Crippen LogP) is 3.12. The van der Waals surface area contributed by atoms with E-state index < -0.39 is 0 Å². The van der Waals surface area contributed by atoms with Gasteiger partial charge in [-0.05, 0) is 47.1 Å². The van der Waals surface area contributed by atoms with Gasteiger partial charge in [0, 0.05) is 18.0 Å². The van der Waals surface area contributed by atoms with Crippen molar-refractivity contribution in [3.63, 3.8) is 0 Å². The van der Waals surface area contributed by atoms with Crippen LogP contribution in [0.5, 0.6) is 0 Å². The lowest BCUT2D eigenvalue weighted by atomic mass is 10.2. The fraction of sp³-hybridized carbons (Fsp3) is 1.00. The van der Waals surface area contributed by atoms with E-state index in [0.29, 0.717) is 12.1 Å². The molecule has 0 aromatic carbocycles. The van der Waals surface area contributed by atoms with Crippen molar-refractivity contribution in [3.8, 4) is 0 Å². The summed E-state index contributed by atoms with van der Waals surface area (Å²) in [7, 11) is 0. The van der Waals surface area contributed by atoms with Crippen molar-refractivity contribution in [2.24, 2.45) is 0 Å². The van der Waals surface area contributed by atoms with Gasteiger partial charge in [-0.25, -0.2) is 0 Å². The molecule has 1 nitrogen and oxygen atoms in total. The van der Waals surface area contributed by atoms with Gasteiger partial charge >= 0.3 is 0 Å². The molecule has 0 aromatic heterocycles. The van der Waals surface area contributed by atoms with Crippen LogP contribution in [0.2, 0.25) is 0 Å². The van der Waals surface area contributed by atoms with Gasteiger partial charge in [-0.1, -0.05) is 0 Å². The van der Waals surface area contributed by atoms with Crippen molar-refractivity contribution < 1.29 is 0 Å². The number of rotatable bonds is 6. The number of alkyl halides is 1. The highest BCUT2D eigenvalue weighted by atomic mass is 35.5. The third kappa shape index (κ3) is 5.00. The summed E-state index contributed by atoms with van der Waals surface area (Å²) in [5.74, 6) is 0.796. The molecule has 0 unspecified atom stereocenters. The first-order valence-electron chi connectivity index (χ1n) is 4.91. The van der Waals surface area contributed by atoms with Gasteiger partial charge in [0.05, 0.1) is 0 Å². The van der Waals surface area contributed by atoms with E-state index in [1.807, 2.05) is 0 Å². The Balaban J connectivity index is 3.64. The molecule has 0 amide bonds. The second-order valence-electron chi connectivity index (χ2n) is 3.82. The van der Waals surface area contributed by atoms with Crippen molar-refractivity contribution >= 4 is 11.6 Å². The highest BCUT2D eigenvalue weighted by Gasteiger charge is 2.11. The van der Waals surface area contributed by atoms with Crippen LogP contribution in [-0.4, -0.2) is 29.4 Å². The lowest BCUT2D eigenvalue weighted by Crippen LogP contribution is -2.37. The Labute approximate surface area is 82.1 Å². The molecule has 0 spiro atoms. The van der Waals surface area contributed by atoms with Crippen LogP contribution in [0.4, 0.5) is 0 Å². The molecule has 0 heterocycles. The van der Waals surface area contributed by atoms with Gasteiger partial charge in [0.25, 0.3) is 0 Å². The minimum absolute atomic E-state index is 0.653. The van der Waals surface area contributed by atoms with Gasteiger partial charge in [-0.2, -0.15) is 0 Å². The van der Waals surface area contributed by atoms with E-state index in [0.717, 1.165) is 12.3 Å². The number of halogens is 1. The standard InChI is InChI=1S/C10H22ClN/c1-9(2)12(10(3)4)8-6-5-7-11/h9-10H,5-8H2,1-4H3. The zero-order chi connectivity index (χ0) is 9.56. The monoisotopic (exact) mass is 191 g/mol. The van der Waals surface area contributed by atoms with Crippen molar-refractivity contribution in [1.29, 1.82) is 0 Å². The minimum Gasteiger partial charge on any atom is -0.299 e. The van der Waals surface area contributed by atoms with Gasteiger partial charge in [0.1, 0.15) is 0 Å². The molecule has 0 saturated carbocycles. The minimum atomic E-state index is 0.653. The van der Waals surface area contributed by atoms with Gasteiger partial charge in [-0.15, -0.1) is 11.6 Å². The summed E-state index contributed by atoms with van der Waals surface area (Å²) in [6, 6.07) is 1.31. The van der Waals surface area contributed by atoms with Gasteiger partial charge in [0.2, 0.25) is 0 Å². The zero-order valence-corrected chi connectivity index (χ0v) is 9.56. The van der Waals surface area contributed by atoms with E-state index in [9.17, 15) is 0 Å². The quantitative estimate of drug-likeness (QED) is 0.461. The van der Waals surface area contributed by atoms with Gasteiger partial charge in [0.15, 0.2) is 0 Å². The molecule has 0 aliphatic heterocycles. The van der Waals surface area contributed by atoms with Gasteiger partial charge < -0.3 is 0 Å². The van der Waals surface area contributed by atoms with Crippen molar-refractivity contribution in [2.45, 2.75) is 52.6 Å². The van der Waals surface area contributed by atoms with Crippen molar-refractivity contribution in [2.75, 3.05) is 12.4 Å². The molecule has 0 N–H and O–H groups in total. The highest BCUT2D eigenvalue weighted by Crippen LogP contribution is 2.06. The van der Waals surface area contributed by atoms with Crippen LogP contribution in [-0.2, 0) is 0 Å². The van der Waals surface area contributed by atoms with E-state index in [4.69, 9.17) is 11.6 Å². The van der Waals surface area contributed by atoms with Crippen LogP contribution in [0.3, 0.4) is 0 Å². The van der Waals surface area contributed by atoms with Gasteiger partial charge in [-0.3, -0.25) is 4.90 Å². The van der Waals surface area contributed by atoms with Crippen LogP contribution < -0.4 is 0 Å². The molecule has 0 aliphatic carbocycles. The van der Waals surface area contributed by atoms with E-state index in [1.54, 1.807) is 0 Å². The molecule has 0 atom stereocenters. The Kier molecular flexibility index (Phi) is 6.87. The Hall–Kier alpha value is 0.250. The molecule has 2 heteroatoms. The molecular weight excluding hydrogens is 170 g/mol. The zero-order valence-electron chi connectivity index (χ0n) is 8.81. The van der Waals surface area contributed by atoms with Crippen LogP contribution in [0.1, 0.15) is 40.5 Å². The SMILES string of the molecule is CC(C)N(CCCCCl)C(C)C. The lowest BCUT2D eigenvalue weighted by Gasteiger charge is -2.30. The van der Waals surface area contributed by atoms with E-state index in [1.165, 1.54) is 13.0 Å². The topological polar surface area (TPSA) is 3.24 Å². The Bertz CT molecular complexity index is 94.0. The maximum absolute atomic E-state index is 5.63. The lowest BCUT2D eigenvalue weighted by molar-refractivity contribution is 0.172. The molecular formula is C10H22ClN. The molecule has 12 heavy (non-hydrogen) atoms. The molecule has 74 valence electrons. The second-order valence-corrected chi connectivity index (χ2v) is 4.20. The number of hydrogen-bond acceptors (Lipinski definition) is 1. The summed E-state index contributed by atoms with van der Waals surface area (Å²) in [4.78, 5) is 2.51. The van der Waals surface area contributed by atoms with E-state index >= 15 is 0 Å². The second kappa shape index (κ2) is 6.73. The fourth-order valence-corrected chi connectivity index (χ4v) is 1.69. The smallest absolute Gasteiger partial charge is 0.0223 e. The van der Waals surface area contributed by atoms with Crippen LogP contribution in [0.15, 0.2) is 0 Å². The largest absolute Gasteiger partial charge is 0.299 e. The maximum Gasteiger partial charge on any atom is 0.0223 e. The average Bonchev–Trinajstić information content (AvgIpc) is 1.96. The summed E-state index contributed by atoms with van der Waals surface area (Å²) in [5, 5.41) is 0.